The van der Waals surface area contributed by atoms with Gasteiger partial charge in [-0.25, -0.2) is 0 Å². The number of hydrogen-bond donors (Lipinski definition) is 2. The molecule has 1 atom stereocenters. The Morgan fingerprint density at radius 1 is 1.07 bits per heavy atom. The molecule has 0 aliphatic rings. The molecule has 2 rings (SSSR count). The summed E-state index contributed by atoms with van der Waals surface area (Å²) < 4.78 is 16.0. The lowest BCUT2D eigenvalue weighted by molar-refractivity contribution is -0.116. The van der Waals surface area contributed by atoms with Crippen LogP contribution >= 0.6 is 0 Å². The van der Waals surface area contributed by atoms with E-state index >= 15 is 0 Å². The summed E-state index contributed by atoms with van der Waals surface area (Å²) in [5, 5.41) is 6.25. The van der Waals surface area contributed by atoms with Gasteiger partial charge in [0.1, 0.15) is 17.2 Å². The van der Waals surface area contributed by atoms with Gasteiger partial charge in [-0.1, -0.05) is 12.1 Å². The van der Waals surface area contributed by atoms with Crippen LogP contribution in [0.5, 0.6) is 17.2 Å². The van der Waals surface area contributed by atoms with Gasteiger partial charge in [-0.3, -0.25) is 4.79 Å². The van der Waals surface area contributed by atoms with Gasteiger partial charge in [-0.2, -0.15) is 0 Å². The molecule has 0 aromatic heterocycles. The second-order valence-electron chi connectivity index (χ2n) is 6.18. The third-order valence-corrected chi connectivity index (χ3v) is 4.04. The highest BCUT2D eigenvalue weighted by molar-refractivity contribution is 5.92. The number of nitrogens with one attached hydrogen (secondary N) is 2. The van der Waals surface area contributed by atoms with Crippen molar-refractivity contribution in [2.75, 3.05) is 26.1 Å². The molecule has 0 fully saturated rings. The number of carbonyl (C=O) groups is 1. The van der Waals surface area contributed by atoms with Crippen molar-refractivity contribution in [1.82, 2.24) is 5.32 Å². The topological polar surface area (TPSA) is 68.8 Å². The fourth-order valence-electron chi connectivity index (χ4n) is 2.67. The number of anilines is 1. The number of methoxy groups -OCH3 is 2. The van der Waals surface area contributed by atoms with Gasteiger partial charge in [-0.15, -0.1) is 0 Å². The zero-order chi connectivity index (χ0) is 19.6. The van der Waals surface area contributed by atoms with Gasteiger partial charge < -0.3 is 24.8 Å². The molecule has 0 bridgehead atoms. The molecule has 1 unspecified atom stereocenters. The van der Waals surface area contributed by atoms with Crippen LogP contribution < -0.4 is 24.8 Å². The largest absolute Gasteiger partial charge is 0.497 e. The van der Waals surface area contributed by atoms with Gasteiger partial charge >= 0.3 is 0 Å². The van der Waals surface area contributed by atoms with E-state index in [1.165, 1.54) is 0 Å². The van der Waals surface area contributed by atoms with E-state index in [-0.39, 0.29) is 11.9 Å². The van der Waals surface area contributed by atoms with E-state index in [0.717, 1.165) is 11.3 Å². The maximum absolute atomic E-state index is 12.4. The van der Waals surface area contributed by atoms with Crippen molar-refractivity contribution in [3.05, 3.63) is 48.0 Å². The van der Waals surface area contributed by atoms with Crippen molar-refractivity contribution in [3.8, 4) is 17.2 Å². The standard InChI is InChI=1S/C21H28N2O4/c1-5-27-18-8-6-7-16(12-18)14-22-15(2)11-21(24)23-19-13-17(25-3)9-10-20(19)26-4/h6-10,12-13,15,22H,5,11,14H2,1-4H3,(H,23,24). The third-order valence-electron chi connectivity index (χ3n) is 4.04. The molecule has 27 heavy (non-hydrogen) atoms. The van der Waals surface area contributed by atoms with Crippen molar-refractivity contribution in [3.63, 3.8) is 0 Å². The monoisotopic (exact) mass is 372 g/mol. The minimum atomic E-state index is -0.0929. The summed E-state index contributed by atoms with van der Waals surface area (Å²) in [5.74, 6) is 2.01. The molecule has 0 aliphatic heterocycles. The van der Waals surface area contributed by atoms with E-state index < -0.39 is 0 Å². The second-order valence-corrected chi connectivity index (χ2v) is 6.18. The SMILES string of the molecule is CCOc1cccc(CNC(C)CC(=O)Nc2cc(OC)ccc2OC)c1. The Bertz CT molecular complexity index is 749. The molecule has 0 saturated carbocycles. The number of carbonyl (C=O) groups excluding carboxylic acids is 1. The second kappa shape index (κ2) is 10.4. The quantitative estimate of drug-likeness (QED) is 0.667. The summed E-state index contributed by atoms with van der Waals surface area (Å²) >= 11 is 0. The van der Waals surface area contributed by atoms with Crippen molar-refractivity contribution in [2.24, 2.45) is 0 Å². The molecule has 0 saturated heterocycles. The van der Waals surface area contributed by atoms with Crippen LogP contribution in [0.25, 0.3) is 0 Å². The molecule has 1 amide bonds. The number of benzene rings is 2. The zero-order valence-electron chi connectivity index (χ0n) is 16.4. The Hall–Kier alpha value is -2.73. The average molecular weight is 372 g/mol. The highest BCUT2D eigenvalue weighted by atomic mass is 16.5. The number of hydrogen-bond acceptors (Lipinski definition) is 5. The molecule has 6 heteroatoms. The van der Waals surface area contributed by atoms with Crippen molar-refractivity contribution < 1.29 is 19.0 Å². The fraction of sp³-hybridized carbons (Fsp3) is 0.381. The van der Waals surface area contributed by atoms with Crippen molar-refractivity contribution >= 4 is 11.6 Å². The molecule has 6 nitrogen and oxygen atoms in total. The number of amides is 1. The molecular weight excluding hydrogens is 344 g/mol. The molecule has 2 N–H and O–H groups in total. The summed E-state index contributed by atoms with van der Waals surface area (Å²) in [7, 11) is 3.15. The summed E-state index contributed by atoms with van der Waals surface area (Å²) in [5.41, 5.74) is 1.71. The number of ether oxygens (including phenoxy) is 3. The lowest BCUT2D eigenvalue weighted by Gasteiger charge is -2.16. The van der Waals surface area contributed by atoms with Gasteiger partial charge in [0.05, 0.1) is 26.5 Å². The minimum Gasteiger partial charge on any atom is -0.497 e. The van der Waals surface area contributed by atoms with Gasteiger partial charge in [0.25, 0.3) is 0 Å². The Balaban J connectivity index is 1.87. The first-order valence-electron chi connectivity index (χ1n) is 9.02. The van der Waals surface area contributed by atoms with E-state index in [4.69, 9.17) is 14.2 Å². The Morgan fingerprint density at radius 2 is 1.89 bits per heavy atom. The summed E-state index contributed by atoms with van der Waals surface area (Å²) in [6.45, 7) is 5.25. The van der Waals surface area contributed by atoms with Crippen LogP contribution in [0.2, 0.25) is 0 Å². The maximum Gasteiger partial charge on any atom is 0.226 e. The highest BCUT2D eigenvalue weighted by Gasteiger charge is 2.12. The zero-order valence-corrected chi connectivity index (χ0v) is 16.4. The molecule has 2 aromatic rings. The normalized spacial score (nSPS) is 11.6. The summed E-state index contributed by atoms with van der Waals surface area (Å²) in [6, 6.07) is 13.2. The molecule has 146 valence electrons. The average Bonchev–Trinajstić information content (AvgIpc) is 2.67. The van der Waals surface area contributed by atoms with E-state index in [1.54, 1.807) is 32.4 Å². The smallest absolute Gasteiger partial charge is 0.226 e. The van der Waals surface area contributed by atoms with E-state index in [0.29, 0.717) is 36.8 Å². The van der Waals surface area contributed by atoms with Crippen LogP contribution in [0, 0.1) is 0 Å². The summed E-state index contributed by atoms with van der Waals surface area (Å²) in [4.78, 5) is 12.4. The molecule has 2 aromatic carbocycles. The first kappa shape index (κ1) is 20.6. The molecule has 0 spiro atoms. The van der Waals surface area contributed by atoms with Crippen molar-refractivity contribution in [2.45, 2.75) is 32.9 Å². The third kappa shape index (κ3) is 6.49. The first-order valence-corrected chi connectivity index (χ1v) is 9.02. The summed E-state index contributed by atoms with van der Waals surface area (Å²) in [6.07, 6.45) is 0.339. The van der Waals surface area contributed by atoms with Gasteiger partial charge in [0, 0.05) is 25.1 Å². The van der Waals surface area contributed by atoms with Crippen LogP contribution in [-0.4, -0.2) is 32.8 Å². The Morgan fingerprint density at radius 3 is 2.59 bits per heavy atom. The maximum atomic E-state index is 12.4. The molecular formula is C21H28N2O4. The lowest BCUT2D eigenvalue weighted by atomic mass is 10.1. The number of rotatable bonds is 10. The first-order chi connectivity index (χ1) is 13.0. The Kier molecular flexibility index (Phi) is 7.95. The molecule has 0 heterocycles. The highest BCUT2D eigenvalue weighted by Crippen LogP contribution is 2.29. The Labute approximate surface area is 160 Å². The molecule has 0 aliphatic carbocycles. The predicted octanol–water partition coefficient (Wildman–Crippen LogP) is 3.61. The van der Waals surface area contributed by atoms with Crippen molar-refractivity contribution in [1.29, 1.82) is 0 Å². The van der Waals surface area contributed by atoms with Crippen LogP contribution in [-0.2, 0) is 11.3 Å². The fourth-order valence-corrected chi connectivity index (χ4v) is 2.67. The van der Waals surface area contributed by atoms with Gasteiger partial charge in [-0.05, 0) is 43.7 Å². The van der Waals surface area contributed by atoms with Crippen LogP contribution in [0.3, 0.4) is 0 Å². The van der Waals surface area contributed by atoms with Gasteiger partial charge in [0.2, 0.25) is 5.91 Å². The van der Waals surface area contributed by atoms with E-state index in [1.807, 2.05) is 38.1 Å². The molecule has 0 radical (unpaired) electrons. The van der Waals surface area contributed by atoms with E-state index in [2.05, 4.69) is 10.6 Å². The predicted molar refractivity (Wildman–Crippen MR) is 107 cm³/mol. The lowest BCUT2D eigenvalue weighted by Crippen LogP contribution is -2.30. The van der Waals surface area contributed by atoms with Crippen LogP contribution in [0.4, 0.5) is 5.69 Å². The van der Waals surface area contributed by atoms with Crippen LogP contribution in [0.1, 0.15) is 25.8 Å². The van der Waals surface area contributed by atoms with Gasteiger partial charge in [0.15, 0.2) is 0 Å². The minimum absolute atomic E-state index is 0.0114. The van der Waals surface area contributed by atoms with E-state index in [9.17, 15) is 4.79 Å². The van der Waals surface area contributed by atoms with Crippen LogP contribution in [0.15, 0.2) is 42.5 Å².